The summed E-state index contributed by atoms with van der Waals surface area (Å²) in [6.45, 7) is 0.560. The molecule has 0 aliphatic carbocycles. The van der Waals surface area contributed by atoms with Crippen LogP contribution in [0.1, 0.15) is 0 Å². The Morgan fingerprint density at radius 2 is 2.19 bits per heavy atom. The van der Waals surface area contributed by atoms with Crippen LogP contribution in [0.4, 0.5) is 5.82 Å². The van der Waals surface area contributed by atoms with Gasteiger partial charge in [0.05, 0.1) is 0 Å². The van der Waals surface area contributed by atoms with Crippen molar-refractivity contribution in [3.63, 3.8) is 0 Å². The number of hydrogen-bond acceptors (Lipinski definition) is 4. The quantitative estimate of drug-likeness (QED) is 0.802. The summed E-state index contributed by atoms with van der Waals surface area (Å²) in [6.07, 6.45) is 0. The molecule has 0 aliphatic rings. The fraction of sp³-hybridized carbons (Fsp3) is 0.200. The SMILES string of the molecule is OCCNc1nc([As])nc2cc(Br)ccc12. The normalized spacial score (nSPS) is 10.7. The van der Waals surface area contributed by atoms with E-state index in [1.807, 2.05) is 18.2 Å². The van der Waals surface area contributed by atoms with E-state index in [1.165, 1.54) is 0 Å². The van der Waals surface area contributed by atoms with Gasteiger partial charge in [0.25, 0.3) is 0 Å². The van der Waals surface area contributed by atoms with Gasteiger partial charge in [-0.1, -0.05) is 0 Å². The van der Waals surface area contributed by atoms with Crippen LogP contribution in [0.2, 0.25) is 0 Å². The number of fused-ring (bicyclic) bond motifs is 1. The molecule has 1 heterocycles. The molecule has 82 valence electrons. The third kappa shape index (κ3) is 2.54. The number of rotatable bonds is 3. The number of halogens is 1. The van der Waals surface area contributed by atoms with Crippen molar-refractivity contribution in [1.82, 2.24) is 9.97 Å². The van der Waals surface area contributed by atoms with Crippen LogP contribution in [0.25, 0.3) is 10.9 Å². The van der Waals surface area contributed by atoms with Gasteiger partial charge >= 0.3 is 110 Å². The van der Waals surface area contributed by atoms with Gasteiger partial charge in [0.2, 0.25) is 0 Å². The summed E-state index contributed by atoms with van der Waals surface area (Å²) in [6, 6.07) is 5.84. The summed E-state index contributed by atoms with van der Waals surface area (Å²) in [5, 5.41) is 12.8. The maximum absolute atomic E-state index is 8.80. The summed E-state index contributed by atoms with van der Waals surface area (Å²) in [7, 11) is 0. The van der Waals surface area contributed by atoms with Crippen LogP contribution in [0.5, 0.6) is 0 Å². The molecule has 0 unspecified atom stereocenters. The second-order valence-electron chi connectivity index (χ2n) is 3.18. The fourth-order valence-electron chi connectivity index (χ4n) is 1.40. The Morgan fingerprint density at radius 3 is 2.94 bits per heavy atom. The van der Waals surface area contributed by atoms with Crippen LogP contribution >= 0.6 is 15.9 Å². The van der Waals surface area contributed by atoms with Gasteiger partial charge in [-0.2, -0.15) is 0 Å². The van der Waals surface area contributed by atoms with Crippen molar-refractivity contribution in [2.24, 2.45) is 0 Å². The Balaban J connectivity index is 2.54. The third-order valence-electron chi connectivity index (χ3n) is 2.05. The molecule has 1 aromatic heterocycles. The van der Waals surface area contributed by atoms with Crippen molar-refractivity contribution in [3.8, 4) is 0 Å². The number of hydrogen-bond donors (Lipinski definition) is 2. The van der Waals surface area contributed by atoms with E-state index in [2.05, 4.69) is 48.1 Å². The zero-order valence-electron chi connectivity index (χ0n) is 8.31. The number of aliphatic hydroxyl groups excluding tert-OH is 1. The van der Waals surface area contributed by atoms with E-state index in [9.17, 15) is 0 Å². The molecule has 2 N–H and O–H groups in total. The van der Waals surface area contributed by atoms with Crippen molar-refractivity contribution >= 4 is 54.1 Å². The molecule has 0 saturated carbocycles. The van der Waals surface area contributed by atoms with Crippen molar-refractivity contribution in [1.29, 1.82) is 0 Å². The zero-order valence-corrected chi connectivity index (χ0v) is 11.8. The molecule has 0 fully saturated rings. The Hall–Kier alpha value is -0.642. The molecule has 16 heavy (non-hydrogen) atoms. The Kier molecular flexibility index (Phi) is 3.79. The first-order chi connectivity index (χ1) is 7.70. The molecule has 0 spiro atoms. The summed E-state index contributed by atoms with van der Waals surface area (Å²) >= 11 is 5.73. The van der Waals surface area contributed by atoms with E-state index in [4.69, 9.17) is 5.11 Å². The summed E-state index contributed by atoms with van der Waals surface area (Å²) < 4.78 is 1.64. The number of aromatic nitrogens is 2. The van der Waals surface area contributed by atoms with Crippen molar-refractivity contribution in [3.05, 3.63) is 22.7 Å². The first-order valence-electron chi connectivity index (χ1n) is 4.71. The Morgan fingerprint density at radius 1 is 1.38 bits per heavy atom. The van der Waals surface area contributed by atoms with Crippen LogP contribution < -0.4 is 9.93 Å². The molecule has 2 rings (SSSR count). The summed E-state index contributed by atoms with van der Waals surface area (Å²) in [4.78, 5) is 8.63. The second kappa shape index (κ2) is 5.13. The standard InChI is InChI=1S/C10H9AsBrN3O/c11-10-14-8-5-6(12)1-2-7(8)9(15-10)13-3-4-16/h1-2,5,16H,3-4H2,(H,13,14,15). The van der Waals surface area contributed by atoms with Gasteiger partial charge in [0.1, 0.15) is 0 Å². The van der Waals surface area contributed by atoms with Gasteiger partial charge in [-0.3, -0.25) is 0 Å². The third-order valence-corrected chi connectivity index (χ3v) is 2.96. The van der Waals surface area contributed by atoms with Crippen LogP contribution in [-0.4, -0.2) is 45.1 Å². The molecule has 2 aromatic rings. The Bertz CT molecular complexity index is 515. The van der Waals surface area contributed by atoms with E-state index in [0.29, 0.717) is 11.2 Å². The molecule has 0 amide bonds. The molecule has 2 radical (unpaired) electrons. The molecule has 4 nitrogen and oxygen atoms in total. The van der Waals surface area contributed by atoms with E-state index >= 15 is 0 Å². The molecule has 0 bridgehead atoms. The van der Waals surface area contributed by atoms with Crippen LogP contribution in [0.15, 0.2) is 22.7 Å². The molecule has 6 heteroatoms. The van der Waals surface area contributed by atoms with Gasteiger partial charge in [-0.15, -0.1) is 0 Å². The maximum atomic E-state index is 8.80. The number of benzene rings is 1. The Labute approximate surface area is 110 Å². The van der Waals surface area contributed by atoms with Crippen LogP contribution in [0.3, 0.4) is 0 Å². The van der Waals surface area contributed by atoms with Crippen LogP contribution in [0, 0.1) is 0 Å². The van der Waals surface area contributed by atoms with Gasteiger partial charge < -0.3 is 0 Å². The fourth-order valence-corrected chi connectivity index (χ4v) is 2.18. The zero-order chi connectivity index (χ0) is 11.5. The average molecular weight is 342 g/mol. The van der Waals surface area contributed by atoms with Crippen LogP contribution in [-0.2, 0) is 0 Å². The number of nitrogens with zero attached hydrogens (tertiary/aromatic N) is 2. The predicted molar refractivity (Wildman–Crippen MR) is 68.2 cm³/mol. The number of nitrogens with one attached hydrogen (secondary N) is 1. The predicted octanol–water partition coefficient (Wildman–Crippen LogP) is 0.590. The molecule has 0 atom stereocenters. The summed E-state index contributed by atoms with van der Waals surface area (Å²) in [5.41, 5.74) is 0.875. The van der Waals surface area contributed by atoms with Gasteiger partial charge in [0.15, 0.2) is 0 Å². The minimum atomic E-state index is 0.0793. The van der Waals surface area contributed by atoms with Crippen molar-refractivity contribution in [2.45, 2.75) is 0 Å². The van der Waals surface area contributed by atoms with Gasteiger partial charge in [-0.25, -0.2) is 0 Å². The molecule has 0 aliphatic heterocycles. The molecular formula is C10H9AsBrN3O. The summed E-state index contributed by atoms with van der Waals surface area (Å²) in [5.74, 6) is 0.752. The van der Waals surface area contributed by atoms with Gasteiger partial charge in [0, 0.05) is 0 Å². The molecular weight excluding hydrogens is 333 g/mol. The second-order valence-corrected chi connectivity index (χ2v) is 4.94. The molecule has 0 saturated heterocycles. The first-order valence-corrected chi connectivity index (χ1v) is 6.45. The van der Waals surface area contributed by atoms with E-state index in [1.54, 1.807) is 0 Å². The van der Waals surface area contributed by atoms with Crippen molar-refractivity contribution < 1.29 is 5.11 Å². The van der Waals surface area contributed by atoms with E-state index < -0.39 is 0 Å². The van der Waals surface area contributed by atoms with Gasteiger partial charge in [-0.05, 0) is 0 Å². The molecule has 1 aromatic carbocycles. The number of anilines is 1. The monoisotopic (exact) mass is 341 g/mol. The van der Waals surface area contributed by atoms with Crippen molar-refractivity contribution in [2.75, 3.05) is 18.5 Å². The topological polar surface area (TPSA) is 58.0 Å². The first kappa shape index (κ1) is 11.8. The van der Waals surface area contributed by atoms with E-state index in [-0.39, 0.29) is 6.61 Å². The number of aliphatic hydroxyl groups is 1. The average Bonchev–Trinajstić information content (AvgIpc) is 2.25. The minimum absolute atomic E-state index is 0.0793. The van der Waals surface area contributed by atoms with E-state index in [0.717, 1.165) is 21.2 Å².